The van der Waals surface area contributed by atoms with E-state index in [1.807, 2.05) is 6.92 Å². The summed E-state index contributed by atoms with van der Waals surface area (Å²) in [6.45, 7) is 2.28. The predicted molar refractivity (Wildman–Crippen MR) is 99.5 cm³/mol. The molecule has 0 N–H and O–H groups in total. The minimum absolute atomic E-state index is 0.00329. The number of halogens is 4. The largest absolute Gasteiger partial charge is 0.496 e. The van der Waals surface area contributed by atoms with Crippen molar-refractivity contribution in [3.8, 4) is 16.9 Å². The highest BCUT2D eigenvalue weighted by molar-refractivity contribution is 7.27. The summed E-state index contributed by atoms with van der Waals surface area (Å²) >= 11 is 0. The van der Waals surface area contributed by atoms with Crippen LogP contribution in [0.2, 0.25) is 0 Å². The van der Waals surface area contributed by atoms with E-state index in [1.54, 1.807) is 0 Å². The molecule has 1 atom stereocenters. The van der Waals surface area contributed by atoms with E-state index in [0.29, 0.717) is 36.1 Å². The molecule has 1 unspecified atom stereocenters. The van der Waals surface area contributed by atoms with Gasteiger partial charge in [0.25, 0.3) is 0 Å². The summed E-state index contributed by atoms with van der Waals surface area (Å²) in [5.41, 5.74) is 0.400. The quantitative estimate of drug-likeness (QED) is 0.391. The van der Waals surface area contributed by atoms with Crippen molar-refractivity contribution in [2.45, 2.75) is 26.1 Å². The van der Waals surface area contributed by atoms with Crippen molar-refractivity contribution in [3.63, 3.8) is 0 Å². The maximum absolute atomic E-state index is 13.8. The molecule has 0 bridgehead atoms. The molecule has 2 aromatic rings. The van der Waals surface area contributed by atoms with Gasteiger partial charge in [-0.05, 0) is 35.7 Å². The topological polar surface area (TPSA) is 29.5 Å². The van der Waals surface area contributed by atoms with E-state index >= 15 is 0 Å². The van der Waals surface area contributed by atoms with Crippen molar-refractivity contribution in [1.82, 2.24) is 4.90 Å². The lowest BCUT2D eigenvalue weighted by atomic mass is 9.96. The molecule has 27 heavy (non-hydrogen) atoms. The molecule has 2 rings (SSSR count). The standard InChI is InChI=1S/C19H20F4NO2P/c1-3-6-24(11-25)10-12-7-13(19(21,22)23)4-5-14(12)15-8-18(27)16(20)9-17(15)26-2/h4-5,7-9,11H,3,6,10,27H2,1-2H3. The molecule has 0 spiro atoms. The first-order valence-electron chi connectivity index (χ1n) is 8.24. The van der Waals surface area contributed by atoms with Gasteiger partial charge < -0.3 is 9.64 Å². The first kappa shape index (κ1) is 21.2. The fraction of sp³-hybridized carbons (Fsp3) is 0.316. The monoisotopic (exact) mass is 401 g/mol. The molecule has 0 aliphatic rings. The van der Waals surface area contributed by atoms with Crippen LogP contribution < -0.4 is 10.0 Å². The number of alkyl halides is 3. The number of carbonyl (C=O) groups excluding carboxylic acids is 1. The van der Waals surface area contributed by atoms with Crippen LogP contribution in [0.5, 0.6) is 5.75 Å². The van der Waals surface area contributed by atoms with Gasteiger partial charge in [-0.15, -0.1) is 9.24 Å². The van der Waals surface area contributed by atoms with Crippen molar-refractivity contribution in [3.05, 3.63) is 47.3 Å². The highest BCUT2D eigenvalue weighted by Gasteiger charge is 2.31. The fourth-order valence-electron chi connectivity index (χ4n) is 2.79. The third kappa shape index (κ3) is 4.98. The van der Waals surface area contributed by atoms with Crippen molar-refractivity contribution < 1.29 is 27.1 Å². The second-order valence-corrected chi connectivity index (χ2v) is 6.64. The van der Waals surface area contributed by atoms with Gasteiger partial charge >= 0.3 is 6.18 Å². The van der Waals surface area contributed by atoms with Gasteiger partial charge in [-0.3, -0.25) is 4.79 Å². The predicted octanol–water partition coefficient (Wildman–Crippen LogP) is 4.39. The van der Waals surface area contributed by atoms with E-state index < -0.39 is 17.6 Å². The highest BCUT2D eigenvalue weighted by atomic mass is 31.0. The summed E-state index contributed by atoms with van der Waals surface area (Å²) in [7, 11) is 3.60. The van der Waals surface area contributed by atoms with Gasteiger partial charge in [0, 0.05) is 30.0 Å². The van der Waals surface area contributed by atoms with Crippen LogP contribution in [0.4, 0.5) is 17.6 Å². The smallest absolute Gasteiger partial charge is 0.416 e. The summed E-state index contributed by atoms with van der Waals surface area (Å²) < 4.78 is 58.6. The summed E-state index contributed by atoms with van der Waals surface area (Å²) in [6, 6.07) is 5.99. The Morgan fingerprint density at radius 3 is 2.44 bits per heavy atom. The molecule has 1 amide bonds. The van der Waals surface area contributed by atoms with Crippen molar-refractivity contribution in [2.24, 2.45) is 0 Å². The van der Waals surface area contributed by atoms with Gasteiger partial charge in [0.15, 0.2) is 0 Å². The number of hydrogen-bond donors (Lipinski definition) is 0. The lowest BCUT2D eigenvalue weighted by Crippen LogP contribution is -2.23. The Morgan fingerprint density at radius 2 is 1.89 bits per heavy atom. The molecule has 0 fully saturated rings. The van der Waals surface area contributed by atoms with E-state index in [1.165, 1.54) is 30.2 Å². The Balaban J connectivity index is 2.65. The average Bonchev–Trinajstić information content (AvgIpc) is 2.62. The SMILES string of the molecule is CCCN(C=O)Cc1cc(C(F)(F)F)ccc1-c1cc(P)c(F)cc1OC. The third-order valence-corrected chi connectivity index (χ3v) is 4.52. The molecular weight excluding hydrogens is 381 g/mol. The van der Waals surface area contributed by atoms with Gasteiger partial charge in [-0.2, -0.15) is 13.2 Å². The Bertz CT molecular complexity index is 824. The van der Waals surface area contributed by atoms with Crippen molar-refractivity contribution in [2.75, 3.05) is 13.7 Å². The highest BCUT2D eigenvalue weighted by Crippen LogP contribution is 2.37. The minimum Gasteiger partial charge on any atom is -0.496 e. The Kier molecular flexibility index (Phi) is 6.82. The molecule has 0 heterocycles. The molecule has 0 aliphatic carbocycles. The normalized spacial score (nSPS) is 11.4. The van der Waals surface area contributed by atoms with Gasteiger partial charge in [-0.25, -0.2) is 4.39 Å². The molecule has 0 saturated carbocycles. The third-order valence-electron chi connectivity index (χ3n) is 4.07. The fourth-order valence-corrected chi connectivity index (χ4v) is 3.04. The van der Waals surface area contributed by atoms with Crippen molar-refractivity contribution in [1.29, 1.82) is 0 Å². The molecular formula is C19H20F4NO2P. The average molecular weight is 401 g/mol. The molecule has 0 saturated heterocycles. The zero-order valence-corrected chi connectivity index (χ0v) is 16.1. The van der Waals surface area contributed by atoms with Crippen LogP contribution in [0.1, 0.15) is 24.5 Å². The van der Waals surface area contributed by atoms with Gasteiger partial charge in [-0.1, -0.05) is 13.0 Å². The first-order valence-corrected chi connectivity index (χ1v) is 8.81. The zero-order valence-electron chi connectivity index (χ0n) is 14.9. The van der Waals surface area contributed by atoms with Crippen LogP contribution in [-0.4, -0.2) is 25.0 Å². The second kappa shape index (κ2) is 8.70. The van der Waals surface area contributed by atoms with E-state index in [0.717, 1.165) is 12.1 Å². The summed E-state index contributed by atoms with van der Waals surface area (Å²) in [5, 5.41) is 0.262. The number of nitrogens with zero attached hydrogens (tertiary/aromatic N) is 1. The lowest BCUT2D eigenvalue weighted by Gasteiger charge is -2.21. The van der Waals surface area contributed by atoms with Gasteiger partial charge in [0.05, 0.1) is 12.7 Å². The van der Waals surface area contributed by atoms with E-state index in [4.69, 9.17) is 4.74 Å². The summed E-state index contributed by atoms with van der Waals surface area (Å²) in [5.74, 6) is -0.303. The minimum atomic E-state index is -4.51. The Morgan fingerprint density at radius 1 is 1.19 bits per heavy atom. The number of hydrogen-bond acceptors (Lipinski definition) is 2. The maximum Gasteiger partial charge on any atom is 0.416 e. The number of amides is 1. The number of rotatable bonds is 7. The van der Waals surface area contributed by atoms with Gasteiger partial charge in [0.1, 0.15) is 11.6 Å². The van der Waals surface area contributed by atoms with Crippen LogP contribution in [0.15, 0.2) is 30.3 Å². The number of methoxy groups -OCH3 is 1. The Labute approximate surface area is 157 Å². The molecule has 0 aromatic heterocycles. The van der Waals surface area contributed by atoms with Crippen LogP contribution in [0.25, 0.3) is 11.1 Å². The van der Waals surface area contributed by atoms with E-state index in [-0.39, 0.29) is 17.6 Å². The molecule has 146 valence electrons. The van der Waals surface area contributed by atoms with E-state index in [2.05, 4.69) is 9.24 Å². The van der Waals surface area contributed by atoms with Crippen LogP contribution in [0.3, 0.4) is 0 Å². The molecule has 3 nitrogen and oxygen atoms in total. The molecule has 0 aliphatic heterocycles. The zero-order chi connectivity index (χ0) is 20.2. The number of carbonyl (C=O) groups is 1. The van der Waals surface area contributed by atoms with Crippen molar-refractivity contribution >= 4 is 21.0 Å². The summed E-state index contributed by atoms with van der Waals surface area (Å²) in [4.78, 5) is 12.7. The van der Waals surface area contributed by atoms with Crippen LogP contribution in [0, 0.1) is 5.82 Å². The maximum atomic E-state index is 13.8. The first-order chi connectivity index (χ1) is 12.7. The van der Waals surface area contributed by atoms with Crippen LogP contribution in [-0.2, 0) is 17.5 Å². The lowest BCUT2D eigenvalue weighted by molar-refractivity contribution is -0.137. The molecule has 0 radical (unpaired) electrons. The van der Waals surface area contributed by atoms with Crippen LogP contribution >= 0.6 is 9.24 Å². The second-order valence-electron chi connectivity index (χ2n) is 6.02. The van der Waals surface area contributed by atoms with E-state index in [9.17, 15) is 22.4 Å². The molecule has 2 aromatic carbocycles. The summed E-state index contributed by atoms with van der Waals surface area (Å²) in [6.07, 6.45) is -3.23. The Hall–Kier alpha value is -2.14. The number of benzene rings is 2. The van der Waals surface area contributed by atoms with Gasteiger partial charge in [0.2, 0.25) is 6.41 Å². The molecule has 8 heteroatoms. The number of ether oxygens (including phenoxy) is 1.